The fourth-order valence-corrected chi connectivity index (χ4v) is 2.63. The van der Waals surface area contributed by atoms with Gasteiger partial charge in [-0.3, -0.25) is 0 Å². The minimum atomic E-state index is 0.250. The molecule has 6 nitrogen and oxygen atoms in total. The molecule has 2 N–H and O–H groups in total. The van der Waals surface area contributed by atoms with Crippen molar-refractivity contribution in [2.75, 3.05) is 24.0 Å². The van der Waals surface area contributed by atoms with Gasteiger partial charge in [-0.1, -0.05) is 36.4 Å². The van der Waals surface area contributed by atoms with Crippen LogP contribution in [0.1, 0.15) is 0 Å². The van der Waals surface area contributed by atoms with Crippen molar-refractivity contribution in [1.29, 1.82) is 0 Å². The normalized spacial score (nSPS) is 11.8. The number of ether oxygens (including phenoxy) is 2. The van der Waals surface area contributed by atoms with E-state index in [-0.39, 0.29) is 6.79 Å². The summed E-state index contributed by atoms with van der Waals surface area (Å²) in [7, 11) is 0. The summed E-state index contributed by atoms with van der Waals surface area (Å²) in [5.41, 5.74) is 2.71. The number of benzene rings is 2. The van der Waals surface area contributed by atoms with Gasteiger partial charge in [0.05, 0.1) is 5.69 Å². The molecule has 2 heterocycles. The Balaban J connectivity index is 1.66. The molecule has 6 heteroatoms. The largest absolute Gasteiger partial charge is 0.454 e. The van der Waals surface area contributed by atoms with Gasteiger partial charge in [0.25, 0.3) is 0 Å². The van der Waals surface area contributed by atoms with Gasteiger partial charge in [0.1, 0.15) is 5.82 Å². The fraction of sp³-hybridized carbons (Fsp3) is 0.100. The van der Waals surface area contributed by atoms with Gasteiger partial charge in [-0.2, -0.15) is 4.98 Å². The predicted molar refractivity (Wildman–Crippen MR) is 102 cm³/mol. The highest BCUT2D eigenvalue weighted by Gasteiger charge is 2.14. The van der Waals surface area contributed by atoms with Gasteiger partial charge < -0.3 is 20.1 Å². The number of rotatable bonds is 6. The van der Waals surface area contributed by atoms with Crippen LogP contribution in [0.2, 0.25) is 0 Å². The average Bonchev–Trinajstić information content (AvgIpc) is 3.15. The number of aromatic nitrogens is 2. The number of anilines is 3. The monoisotopic (exact) mass is 346 g/mol. The first-order valence-corrected chi connectivity index (χ1v) is 8.28. The van der Waals surface area contributed by atoms with Crippen LogP contribution in [0.4, 0.5) is 17.5 Å². The van der Waals surface area contributed by atoms with Gasteiger partial charge >= 0.3 is 0 Å². The van der Waals surface area contributed by atoms with Crippen LogP contribution >= 0.6 is 0 Å². The molecule has 4 rings (SSSR count). The van der Waals surface area contributed by atoms with Crippen LogP contribution < -0.4 is 20.1 Å². The van der Waals surface area contributed by atoms with E-state index in [4.69, 9.17) is 9.47 Å². The first-order valence-electron chi connectivity index (χ1n) is 8.28. The Kier molecular flexibility index (Phi) is 4.38. The van der Waals surface area contributed by atoms with Crippen molar-refractivity contribution < 1.29 is 9.47 Å². The Morgan fingerprint density at radius 1 is 1.00 bits per heavy atom. The van der Waals surface area contributed by atoms with Crippen LogP contribution in [0.5, 0.6) is 11.5 Å². The zero-order valence-electron chi connectivity index (χ0n) is 14.1. The lowest BCUT2D eigenvalue weighted by Gasteiger charge is -2.11. The molecule has 0 bridgehead atoms. The highest BCUT2D eigenvalue weighted by molar-refractivity contribution is 5.68. The van der Waals surface area contributed by atoms with Crippen LogP contribution in [-0.2, 0) is 0 Å². The smallest absolute Gasteiger partial charge is 0.231 e. The second-order valence-electron chi connectivity index (χ2n) is 5.69. The summed E-state index contributed by atoms with van der Waals surface area (Å²) < 4.78 is 10.8. The van der Waals surface area contributed by atoms with E-state index in [1.807, 2.05) is 54.6 Å². The Hall–Kier alpha value is -3.54. The van der Waals surface area contributed by atoms with Gasteiger partial charge in [-0.25, -0.2) is 4.98 Å². The van der Waals surface area contributed by atoms with E-state index < -0.39 is 0 Å². The van der Waals surface area contributed by atoms with E-state index in [1.165, 1.54) is 0 Å². The molecule has 0 radical (unpaired) electrons. The van der Waals surface area contributed by atoms with Crippen LogP contribution in [0.3, 0.4) is 0 Å². The highest BCUT2D eigenvalue weighted by atomic mass is 16.7. The number of hydrogen-bond donors (Lipinski definition) is 2. The Bertz CT molecular complexity index is 928. The third kappa shape index (κ3) is 3.44. The van der Waals surface area contributed by atoms with Gasteiger partial charge in [-0.15, -0.1) is 6.58 Å². The molecule has 1 aliphatic heterocycles. The van der Waals surface area contributed by atoms with Crippen LogP contribution in [-0.4, -0.2) is 23.3 Å². The van der Waals surface area contributed by atoms with Crippen molar-refractivity contribution in [2.45, 2.75) is 0 Å². The summed E-state index contributed by atoms with van der Waals surface area (Å²) in [6, 6.07) is 17.6. The molecule has 2 aromatic carbocycles. The lowest BCUT2D eigenvalue weighted by atomic mass is 10.1. The molecule has 0 spiro atoms. The SMILES string of the molecule is C=CCNc1nc(Nc2ccc3c(c2)OCO3)cc(-c2ccccc2)n1. The van der Waals surface area contributed by atoms with Crippen LogP contribution in [0, 0.1) is 0 Å². The molecule has 130 valence electrons. The van der Waals surface area contributed by atoms with Gasteiger partial charge in [0.15, 0.2) is 11.5 Å². The molecule has 26 heavy (non-hydrogen) atoms. The molecular weight excluding hydrogens is 328 g/mol. The van der Waals surface area contributed by atoms with Gasteiger partial charge in [-0.05, 0) is 12.1 Å². The fourth-order valence-electron chi connectivity index (χ4n) is 2.63. The molecular formula is C20H18N4O2. The van der Waals surface area contributed by atoms with Crippen molar-refractivity contribution >= 4 is 17.5 Å². The molecule has 0 fully saturated rings. The minimum Gasteiger partial charge on any atom is -0.454 e. The van der Waals surface area contributed by atoms with E-state index in [2.05, 4.69) is 27.2 Å². The van der Waals surface area contributed by atoms with Crippen molar-refractivity contribution in [3.8, 4) is 22.8 Å². The first kappa shape index (κ1) is 16.0. The van der Waals surface area contributed by atoms with Gasteiger partial charge in [0, 0.05) is 29.9 Å². The van der Waals surface area contributed by atoms with E-state index in [0.29, 0.717) is 18.3 Å². The molecule has 0 atom stereocenters. The lowest BCUT2D eigenvalue weighted by Crippen LogP contribution is -2.06. The van der Waals surface area contributed by atoms with Gasteiger partial charge in [0.2, 0.25) is 12.7 Å². The van der Waals surface area contributed by atoms with Crippen molar-refractivity contribution in [1.82, 2.24) is 9.97 Å². The summed E-state index contributed by atoms with van der Waals surface area (Å²) in [5, 5.41) is 6.46. The zero-order chi connectivity index (χ0) is 17.8. The quantitative estimate of drug-likeness (QED) is 0.652. The molecule has 1 aliphatic rings. The third-order valence-electron chi connectivity index (χ3n) is 3.85. The molecule has 0 saturated carbocycles. The highest BCUT2D eigenvalue weighted by Crippen LogP contribution is 2.35. The number of fused-ring (bicyclic) bond motifs is 1. The van der Waals surface area contributed by atoms with E-state index in [0.717, 1.165) is 28.4 Å². The standard InChI is InChI=1S/C20H18N4O2/c1-2-10-21-20-23-16(14-6-4-3-5-7-14)12-19(24-20)22-15-8-9-17-18(11-15)26-13-25-17/h2-9,11-12H,1,10,13H2,(H2,21,22,23,24). The van der Waals surface area contributed by atoms with Crippen molar-refractivity contribution in [3.63, 3.8) is 0 Å². The molecule has 0 unspecified atom stereocenters. The summed E-state index contributed by atoms with van der Waals surface area (Å²) >= 11 is 0. The van der Waals surface area contributed by atoms with E-state index in [1.54, 1.807) is 6.08 Å². The van der Waals surface area contributed by atoms with Crippen LogP contribution in [0.15, 0.2) is 67.3 Å². The van der Waals surface area contributed by atoms with Crippen LogP contribution in [0.25, 0.3) is 11.3 Å². The molecule has 0 amide bonds. The number of nitrogens with one attached hydrogen (secondary N) is 2. The number of nitrogens with zero attached hydrogens (tertiary/aromatic N) is 2. The minimum absolute atomic E-state index is 0.250. The van der Waals surface area contributed by atoms with Crippen molar-refractivity contribution in [3.05, 3.63) is 67.3 Å². The maximum atomic E-state index is 5.43. The maximum Gasteiger partial charge on any atom is 0.231 e. The van der Waals surface area contributed by atoms with E-state index >= 15 is 0 Å². The second-order valence-corrected chi connectivity index (χ2v) is 5.69. The lowest BCUT2D eigenvalue weighted by molar-refractivity contribution is 0.174. The topological polar surface area (TPSA) is 68.3 Å². The Morgan fingerprint density at radius 2 is 1.85 bits per heavy atom. The molecule has 0 saturated heterocycles. The second kappa shape index (κ2) is 7.14. The Labute approximate surface area is 151 Å². The molecule has 0 aliphatic carbocycles. The summed E-state index contributed by atoms with van der Waals surface area (Å²) in [6.45, 7) is 4.56. The molecule has 3 aromatic rings. The maximum absolute atomic E-state index is 5.43. The summed E-state index contributed by atoms with van der Waals surface area (Å²) in [4.78, 5) is 9.12. The Morgan fingerprint density at radius 3 is 2.69 bits per heavy atom. The zero-order valence-corrected chi connectivity index (χ0v) is 14.1. The number of hydrogen-bond acceptors (Lipinski definition) is 6. The summed E-state index contributed by atoms with van der Waals surface area (Å²) in [6.07, 6.45) is 1.77. The van der Waals surface area contributed by atoms with E-state index in [9.17, 15) is 0 Å². The third-order valence-corrected chi connectivity index (χ3v) is 3.85. The molecule has 1 aromatic heterocycles. The predicted octanol–water partition coefficient (Wildman–Crippen LogP) is 4.21. The average molecular weight is 346 g/mol. The first-order chi connectivity index (χ1) is 12.8. The summed E-state index contributed by atoms with van der Waals surface area (Å²) in [5.74, 6) is 2.69. The van der Waals surface area contributed by atoms with Crippen molar-refractivity contribution in [2.24, 2.45) is 0 Å².